The number of ether oxygens (including phenoxy) is 2. The van der Waals surface area contributed by atoms with Gasteiger partial charge in [-0.15, -0.1) is 0 Å². The van der Waals surface area contributed by atoms with Crippen LogP contribution in [0.4, 0.5) is 0 Å². The number of aliphatic hydroxyl groups is 1. The zero-order valence-electron chi connectivity index (χ0n) is 6.86. The molecule has 1 aliphatic heterocycles. The van der Waals surface area contributed by atoms with Crippen molar-refractivity contribution >= 4 is 0 Å². The maximum Gasteiger partial charge on any atom is 0.0756 e. The van der Waals surface area contributed by atoms with E-state index in [0.29, 0.717) is 0 Å². The minimum Gasteiger partial charge on any atom is -0.410 e. The topological polar surface area (TPSA) is 38.7 Å². The zero-order valence-corrected chi connectivity index (χ0v) is 9.70. The molecule has 0 spiro atoms. The van der Waals surface area contributed by atoms with Gasteiger partial charge in [0, 0.05) is 39.8 Å². The number of aliphatic hydroxyl groups excluding tert-OH is 1. The second-order valence-corrected chi connectivity index (χ2v) is 2.45. The van der Waals surface area contributed by atoms with Gasteiger partial charge in [-0.1, -0.05) is 13.0 Å². The van der Waals surface area contributed by atoms with Crippen LogP contribution in [0.5, 0.6) is 0 Å². The van der Waals surface area contributed by atoms with Gasteiger partial charge in [-0.05, 0) is 6.10 Å². The number of hydrogen-bond acceptors (Lipinski definition) is 3. The molecule has 1 N–H and O–H groups in total. The first-order chi connectivity index (χ1) is 4.77. The molecule has 1 radical (unpaired) electrons. The zero-order chi connectivity index (χ0) is 7.56. The van der Waals surface area contributed by atoms with Gasteiger partial charge in [0.25, 0.3) is 0 Å². The van der Waals surface area contributed by atoms with Crippen molar-refractivity contribution in [2.75, 3.05) is 13.7 Å². The SMILES string of the molecule is COC1[CH-][C@H](C)O[C@@H]1CO.[Y]. The van der Waals surface area contributed by atoms with E-state index in [1.165, 1.54) is 0 Å². The van der Waals surface area contributed by atoms with Crippen LogP contribution in [0.3, 0.4) is 0 Å². The molecular formula is C7H13O3Y-. The van der Waals surface area contributed by atoms with Crippen LogP contribution >= 0.6 is 0 Å². The van der Waals surface area contributed by atoms with Gasteiger partial charge in [-0.2, -0.15) is 0 Å². The quantitative estimate of drug-likeness (QED) is 0.682. The Morgan fingerprint density at radius 1 is 1.64 bits per heavy atom. The van der Waals surface area contributed by atoms with Crippen molar-refractivity contribution in [3.05, 3.63) is 6.42 Å². The third-order valence-corrected chi connectivity index (χ3v) is 1.67. The van der Waals surface area contributed by atoms with Gasteiger partial charge in [0.05, 0.1) is 12.7 Å². The average Bonchev–Trinajstić information content (AvgIpc) is 2.30. The van der Waals surface area contributed by atoms with Crippen LogP contribution in [-0.2, 0) is 42.2 Å². The van der Waals surface area contributed by atoms with Crippen LogP contribution in [0.2, 0.25) is 0 Å². The molecule has 11 heavy (non-hydrogen) atoms. The van der Waals surface area contributed by atoms with E-state index in [1.54, 1.807) is 7.11 Å². The van der Waals surface area contributed by atoms with E-state index in [1.807, 2.05) is 13.3 Å². The van der Waals surface area contributed by atoms with E-state index in [9.17, 15) is 0 Å². The molecular weight excluding hydrogens is 221 g/mol. The summed E-state index contributed by atoms with van der Waals surface area (Å²) in [5.74, 6) is 0. The number of methoxy groups -OCH3 is 1. The van der Waals surface area contributed by atoms with Crippen molar-refractivity contribution < 1.29 is 47.3 Å². The summed E-state index contributed by atoms with van der Waals surface area (Å²) in [5, 5.41) is 8.76. The average molecular weight is 234 g/mol. The molecule has 0 aromatic carbocycles. The van der Waals surface area contributed by atoms with Crippen LogP contribution in [0.15, 0.2) is 0 Å². The Labute approximate surface area is 92.3 Å². The van der Waals surface area contributed by atoms with E-state index < -0.39 is 0 Å². The standard InChI is InChI=1S/C7H13O3.Y/c1-5-3-6(9-2)7(4-8)10-5;/h3,5-8H,4H2,1-2H3;/q-1;/t5-,6?,7+;/m0./s1. The molecule has 63 valence electrons. The van der Waals surface area contributed by atoms with Gasteiger partial charge < -0.3 is 14.6 Å². The minimum absolute atomic E-state index is 0. The van der Waals surface area contributed by atoms with Gasteiger partial charge in [0.1, 0.15) is 0 Å². The second kappa shape index (κ2) is 5.60. The molecule has 1 fully saturated rings. The largest absolute Gasteiger partial charge is 0.410 e. The van der Waals surface area contributed by atoms with Crippen molar-refractivity contribution in [1.82, 2.24) is 0 Å². The number of hydrogen-bond donors (Lipinski definition) is 1. The molecule has 0 bridgehead atoms. The molecule has 4 heteroatoms. The van der Waals surface area contributed by atoms with Gasteiger partial charge in [0.2, 0.25) is 0 Å². The van der Waals surface area contributed by atoms with Crippen LogP contribution in [-0.4, -0.2) is 37.1 Å². The summed E-state index contributed by atoms with van der Waals surface area (Å²) < 4.78 is 10.3. The molecule has 1 unspecified atom stereocenters. The Kier molecular flexibility index (Phi) is 6.10. The Bertz CT molecular complexity index is 97.9. The van der Waals surface area contributed by atoms with E-state index in [4.69, 9.17) is 14.6 Å². The molecule has 0 aliphatic carbocycles. The van der Waals surface area contributed by atoms with E-state index >= 15 is 0 Å². The summed E-state index contributed by atoms with van der Waals surface area (Å²) in [6, 6.07) is 0. The fourth-order valence-electron chi connectivity index (χ4n) is 1.17. The smallest absolute Gasteiger partial charge is 0.0756 e. The molecule has 0 aromatic heterocycles. The van der Waals surface area contributed by atoms with Crippen molar-refractivity contribution in [3.63, 3.8) is 0 Å². The fourth-order valence-corrected chi connectivity index (χ4v) is 1.17. The van der Waals surface area contributed by atoms with Gasteiger partial charge in [-0.25, -0.2) is 0 Å². The van der Waals surface area contributed by atoms with E-state index in [-0.39, 0.29) is 57.6 Å². The molecule has 3 atom stereocenters. The summed E-state index contributed by atoms with van der Waals surface area (Å²) >= 11 is 0. The predicted molar refractivity (Wildman–Crippen MR) is 36.5 cm³/mol. The van der Waals surface area contributed by atoms with Gasteiger partial charge in [-0.3, -0.25) is 6.42 Å². The second-order valence-electron chi connectivity index (χ2n) is 2.45. The Morgan fingerprint density at radius 2 is 2.27 bits per heavy atom. The maximum atomic E-state index is 8.76. The molecule has 3 nitrogen and oxygen atoms in total. The molecule has 1 saturated heterocycles. The maximum absolute atomic E-state index is 8.76. The molecule has 0 amide bonds. The monoisotopic (exact) mass is 234 g/mol. The summed E-state index contributed by atoms with van der Waals surface area (Å²) in [4.78, 5) is 0. The summed E-state index contributed by atoms with van der Waals surface area (Å²) in [6.45, 7) is 1.96. The molecule has 1 rings (SSSR count). The predicted octanol–water partition coefficient (Wildman–Crippen LogP) is -0.0172. The van der Waals surface area contributed by atoms with Crippen molar-refractivity contribution in [3.8, 4) is 0 Å². The molecule has 0 saturated carbocycles. The van der Waals surface area contributed by atoms with Crippen LogP contribution in [0.1, 0.15) is 6.92 Å². The van der Waals surface area contributed by atoms with Gasteiger partial charge >= 0.3 is 0 Å². The summed E-state index contributed by atoms with van der Waals surface area (Å²) in [5.41, 5.74) is 0. The molecule has 1 heterocycles. The minimum atomic E-state index is -0.167. The first-order valence-corrected chi connectivity index (χ1v) is 3.42. The van der Waals surface area contributed by atoms with Crippen molar-refractivity contribution in [1.29, 1.82) is 0 Å². The van der Waals surface area contributed by atoms with Crippen molar-refractivity contribution in [2.45, 2.75) is 25.2 Å². The van der Waals surface area contributed by atoms with Gasteiger partial charge in [0.15, 0.2) is 0 Å². The fraction of sp³-hybridized carbons (Fsp3) is 0.857. The molecule has 0 aromatic rings. The summed E-state index contributed by atoms with van der Waals surface area (Å²) in [6.07, 6.45) is 1.84. The Balaban J connectivity index is 0.000001000. The Hall–Kier alpha value is 0.984. The van der Waals surface area contributed by atoms with Crippen LogP contribution in [0, 0.1) is 6.42 Å². The van der Waals surface area contributed by atoms with Crippen molar-refractivity contribution in [2.24, 2.45) is 0 Å². The van der Waals surface area contributed by atoms with E-state index in [0.717, 1.165) is 0 Å². The first-order valence-electron chi connectivity index (χ1n) is 3.42. The third kappa shape index (κ3) is 3.07. The first kappa shape index (κ1) is 12.0. The Morgan fingerprint density at radius 3 is 2.64 bits per heavy atom. The normalized spacial score (nSPS) is 36.8. The third-order valence-electron chi connectivity index (χ3n) is 1.67. The van der Waals surface area contributed by atoms with Crippen LogP contribution in [0.25, 0.3) is 0 Å². The van der Waals surface area contributed by atoms with E-state index in [2.05, 4.69) is 0 Å². The molecule has 1 aliphatic rings. The summed E-state index contributed by atoms with van der Waals surface area (Å²) in [7, 11) is 1.62. The van der Waals surface area contributed by atoms with Crippen LogP contribution < -0.4 is 0 Å². The number of rotatable bonds is 2.